The van der Waals surface area contributed by atoms with E-state index in [-0.39, 0.29) is 22.8 Å². The molecule has 3 rings (SSSR count). The molecular formula is C14H13NO5. The number of aromatic hydroxyl groups is 1. The first-order valence-electron chi connectivity index (χ1n) is 6.14. The second-order valence-corrected chi connectivity index (χ2v) is 5.06. The lowest BCUT2D eigenvalue weighted by atomic mass is 9.88. The van der Waals surface area contributed by atoms with Crippen LogP contribution in [0.2, 0.25) is 0 Å². The average molecular weight is 275 g/mol. The number of amides is 1. The normalized spacial score (nSPS) is 31.3. The molecule has 3 N–H and O–H groups in total. The molecule has 1 heterocycles. The molecule has 1 amide bonds. The van der Waals surface area contributed by atoms with Crippen LogP contribution in [-0.4, -0.2) is 39.7 Å². The molecule has 6 heteroatoms. The Morgan fingerprint density at radius 3 is 2.80 bits per heavy atom. The molecule has 1 aromatic carbocycles. The molecule has 20 heavy (non-hydrogen) atoms. The Morgan fingerprint density at radius 2 is 2.10 bits per heavy atom. The number of phenolic OH excluding ortho intramolecular Hbond substituents is 1. The number of carbonyl (C=O) groups is 2. The van der Waals surface area contributed by atoms with Gasteiger partial charge in [-0.25, -0.2) is 0 Å². The Labute approximate surface area is 114 Å². The predicted molar refractivity (Wildman–Crippen MR) is 67.9 cm³/mol. The van der Waals surface area contributed by atoms with Crippen LogP contribution in [0.5, 0.6) is 5.75 Å². The lowest BCUT2D eigenvalue weighted by Gasteiger charge is -2.27. The van der Waals surface area contributed by atoms with Crippen molar-refractivity contribution in [2.24, 2.45) is 0 Å². The van der Waals surface area contributed by atoms with Crippen LogP contribution in [0.4, 0.5) is 0 Å². The highest BCUT2D eigenvalue weighted by atomic mass is 16.6. The lowest BCUT2D eigenvalue weighted by Crippen LogP contribution is -2.46. The molecule has 1 aliphatic carbocycles. The van der Waals surface area contributed by atoms with Crippen molar-refractivity contribution >= 4 is 11.7 Å². The highest BCUT2D eigenvalue weighted by Crippen LogP contribution is 2.40. The van der Waals surface area contributed by atoms with Crippen LogP contribution in [0.3, 0.4) is 0 Å². The highest BCUT2D eigenvalue weighted by molar-refractivity contribution is 6.02. The van der Waals surface area contributed by atoms with Crippen LogP contribution in [0.15, 0.2) is 36.0 Å². The Hall–Kier alpha value is -2.18. The van der Waals surface area contributed by atoms with Crippen molar-refractivity contribution in [1.29, 1.82) is 0 Å². The van der Waals surface area contributed by atoms with Crippen molar-refractivity contribution < 1.29 is 24.5 Å². The second kappa shape index (κ2) is 4.16. The first-order chi connectivity index (χ1) is 9.41. The first-order valence-corrected chi connectivity index (χ1v) is 6.14. The zero-order valence-electron chi connectivity index (χ0n) is 10.7. The fourth-order valence-corrected chi connectivity index (χ4v) is 2.30. The third-order valence-electron chi connectivity index (χ3n) is 3.55. The van der Waals surface area contributed by atoms with E-state index in [1.807, 2.05) is 0 Å². The van der Waals surface area contributed by atoms with E-state index in [0.717, 1.165) is 0 Å². The topological polar surface area (TPSA) is 99.2 Å². The van der Waals surface area contributed by atoms with E-state index in [1.165, 1.54) is 25.1 Å². The average Bonchev–Trinajstić information content (AvgIpc) is 3.18. The van der Waals surface area contributed by atoms with Crippen molar-refractivity contribution in [1.82, 2.24) is 5.32 Å². The van der Waals surface area contributed by atoms with Gasteiger partial charge in [-0.15, -0.1) is 0 Å². The molecule has 1 fully saturated rings. The fraction of sp³-hybridized carbons (Fsp3) is 0.286. The summed E-state index contributed by atoms with van der Waals surface area (Å²) in [7, 11) is 0. The maximum Gasteiger partial charge on any atom is 0.259 e. The number of phenols is 1. The first kappa shape index (κ1) is 12.8. The van der Waals surface area contributed by atoms with Gasteiger partial charge in [-0.05, 0) is 19.1 Å². The number of rotatable bonds is 2. The molecule has 0 unspecified atom stereocenters. The number of hydrogen-bond acceptors (Lipinski definition) is 5. The number of aliphatic hydroxyl groups is 1. The number of carbonyl (C=O) groups excluding carboxylic acids is 2. The Kier molecular flexibility index (Phi) is 2.67. The third kappa shape index (κ3) is 1.90. The predicted octanol–water partition coefficient (Wildman–Crippen LogP) is 0.107. The molecule has 0 saturated carbocycles. The van der Waals surface area contributed by atoms with E-state index < -0.39 is 23.7 Å². The Bertz CT molecular complexity index is 634. The summed E-state index contributed by atoms with van der Waals surface area (Å²) in [6.07, 6.45) is -0.0677. The van der Waals surface area contributed by atoms with Gasteiger partial charge in [0.1, 0.15) is 23.6 Å². The van der Waals surface area contributed by atoms with Gasteiger partial charge >= 0.3 is 0 Å². The van der Waals surface area contributed by atoms with Crippen LogP contribution in [-0.2, 0) is 9.53 Å². The quantitative estimate of drug-likeness (QED) is 0.665. The number of para-hydroxylation sites is 1. The van der Waals surface area contributed by atoms with Crippen molar-refractivity contribution in [2.75, 3.05) is 0 Å². The van der Waals surface area contributed by atoms with Gasteiger partial charge in [0.25, 0.3) is 5.91 Å². The number of epoxide rings is 1. The van der Waals surface area contributed by atoms with E-state index in [9.17, 15) is 19.8 Å². The minimum Gasteiger partial charge on any atom is -0.507 e. The Balaban J connectivity index is 1.86. The van der Waals surface area contributed by atoms with Crippen molar-refractivity contribution in [2.45, 2.75) is 24.7 Å². The molecule has 0 spiro atoms. The van der Waals surface area contributed by atoms with Crippen molar-refractivity contribution in [3.8, 4) is 5.75 Å². The van der Waals surface area contributed by atoms with Crippen molar-refractivity contribution in [3.05, 3.63) is 41.6 Å². The van der Waals surface area contributed by atoms with E-state index >= 15 is 0 Å². The summed E-state index contributed by atoms with van der Waals surface area (Å²) in [5, 5.41) is 22.4. The summed E-state index contributed by atoms with van der Waals surface area (Å²) >= 11 is 0. The van der Waals surface area contributed by atoms with Gasteiger partial charge < -0.3 is 20.3 Å². The molecule has 0 bridgehead atoms. The van der Waals surface area contributed by atoms with Crippen LogP contribution in [0.1, 0.15) is 17.3 Å². The molecule has 2 aliphatic rings. The van der Waals surface area contributed by atoms with Gasteiger partial charge in [0.15, 0.2) is 5.78 Å². The monoisotopic (exact) mass is 275 g/mol. The third-order valence-corrected chi connectivity index (χ3v) is 3.55. The zero-order valence-corrected chi connectivity index (χ0v) is 10.7. The summed E-state index contributed by atoms with van der Waals surface area (Å²) in [6, 6.07) is 6.02. The van der Waals surface area contributed by atoms with Gasteiger partial charge in [0.05, 0.1) is 11.3 Å². The fourth-order valence-electron chi connectivity index (χ4n) is 2.30. The molecule has 0 radical (unpaired) electrons. The molecule has 1 saturated heterocycles. The summed E-state index contributed by atoms with van der Waals surface area (Å²) in [4.78, 5) is 23.7. The number of hydrogen-bond donors (Lipinski definition) is 3. The van der Waals surface area contributed by atoms with Gasteiger partial charge in [-0.3, -0.25) is 9.59 Å². The lowest BCUT2D eigenvalue weighted by molar-refractivity contribution is -0.116. The minimum atomic E-state index is -1.43. The molecule has 3 atom stereocenters. The van der Waals surface area contributed by atoms with Crippen LogP contribution in [0.25, 0.3) is 0 Å². The van der Waals surface area contributed by atoms with E-state index in [4.69, 9.17) is 4.74 Å². The zero-order chi connectivity index (χ0) is 14.5. The number of fused-ring (bicyclic) bond motifs is 1. The molecule has 1 aliphatic heterocycles. The standard InChI is InChI=1S/C14H13NO5/c1-14(19)10(6-9(17)11-12(14)20-11)15-13(18)7-4-2-3-5-8(7)16/h2-6,11-12,16,19H,1H3,(H,15,18)/t11-,12-,14+/m1/s1. The van der Waals surface area contributed by atoms with E-state index in [1.54, 1.807) is 12.1 Å². The molecule has 0 aromatic heterocycles. The van der Waals surface area contributed by atoms with Gasteiger partial charge in [-0.1, -0.05) is 12.1 Å². The maximum absolute atomic E-state index is 12.1. The van der Waals surface area contributed by atoms with Crippen LogP contribution < -0.4 is 5.32 Å². The van der Waals surface area contributed by atoms with E-state index in [2.05, 4.69) is 5.32 Å². The van der Waals surface area contributed by atoms with Gasteiger partial charge in [0.2, 0.25) is 0 Å². The highest BCUT2D eigenvalue weighted by Gasteiger charge is 2.59. The SMILES string of the molecule is C[C@]1(O)C(NC(=O)c2ccccc2O)=CC(=O)[C@H]2O[C@H]21. The van der Waals surface area contributed by atoms with Crippen LogP contribution in [0, 0.1) is 0 Å². The van der Waals surface area contributed by atoms with Crippen molar-refractivity contribution in [3.63, 3.8) is 0 Å². The molecule has 1 aromatic rings. The van der Waals surface area contributed by atoms with Gasteiger partial charge in [-0.2, -0.15) is 0 Å². The second-order valence-electron chi connectivity index (χ2n) is 5.06. The van der Waals surface area contributed by atoms with Crippen LogP contribution >= 0.6 is 0 Å². The molecular weight excluding hydrogens is 262 g/mol. The molecule has 6 nitrogen and oxygen atoms in total. The maximum atomic E-state index is 12.1. The summed E-state index contributed by atoms with van der Waals surface area (Å²) in [5.74, 6) is -1.05. The van der Waals surface area contributed by atoms with Gasteiger partial charge in [0, 0.05) is 6.08 Å². The number of ketones is 1. The smallest absolute Gasteiger partial charge is 0.259 e. The minimum absolute atomic E-state index is 0.0653. The summed E-state index contributed by atoms with van der Waals surface area (Å²) in [6.45, 7) is 1.47. The summed E-state index contributed by atoms with van der Waals surface area (Å²) in [5.41, 5.74) is -1.29. The Morgan fingerprint density at radius 1 is 1.40 bits per heavy atom. The molecule has 104 valence electrons. The largest absolute Gasteiger partial charge is 0.507 e. The summed E-state index contributed by atoms with van der Waals surface area (Å²) < 4.78 is 5.09. The number of ether oxygens (including phenoxy) is 1. The number of nitrogens with one attached hydrogen (secondary N) is 1. The van der Waals surface area contributed by atoms with E-state index in [0.29, 0.717) is 0 Å². The number of benzene rings is 1.